The lowest BCUT2D eigenvalue weighted by atomic mass is 10.1. The van der Waals surface area contributed by atoms with Crippen LogP contribution in [0.15, 0.2) is 24.3 Å². The van der Waals surface area contributed by atoms with E-state index in [1.807, 2.05) is 11.8 Å². The monoisotopic (exact) mass is 331 g/mol. The minimum absolute atomic E-state index is 0.0161. The molecule has 0 saturated carbocycles. The first kappa shape index (κ1) is 16.1. The van der Waals surface area contributed by atoms with E-state index in [1.54, 1.807) is 4.68 Å². The number of piperidine rings is 1. The molecule has 0 aliphatic carbocycles. The molecule has 0 radical (unpaired) electrons. The first-order chi connectivity index (χ1) is 11.1. The Bertz CT molecular complexity index is 700. The fraction of sp³-hybridized carbons (Fsp3) is 0.444. The fourth-order valence-corrected chi connectivity index (χ4v) is 3.34. The predicted molar refractivity (Wildman–Crippen MR) is 92.0 cm³/mol. The van der Waals surface area contributed by atoms with E-state index in [1.165, 1.54) is 12.0 Å². The van der Waals surface area contributed by atoms with E-state index in [4.69, 9.17) is 11.6 Å². The molecular formula is C18H22ClN3O. The van der Waals surface area contributed by atoms with Crippen LogP contribution in [-0.2, 0) is 6.54 Å². The fourth-order valence-electron chi connectivity index (χ4n) is 3.02. The Kier molecular flexibility index (Phi) is 4.71. The second-order valence-corrected chi connectivity index (χ2v) is 6.61. The summed E-state index contributed by atoms with van der Waals surface area (Å²) in [4.78, 5) is 14.6. The Morgan fingerprint density at radius 2 is 1.78 bits per heavy atom. The molecule has 5 heteroatoms. The van der Waals surface area contributed by atoms with Crippen LogP contribution in [0.25, 0.3) is 0 Å². The molecule has 122 valence electrons. The van der Waals surface area contributed by atoms with Gasteiger partial charge >= 0.3 is 0 Å². The number of hydrogen-bond acceptors (Lipinski definition) is 2. The number of rotatable bonds is 3. The second kappa shape index (κ2) is 6.75. The lowest BCUT2D eigenvalue weighted by molar-refractivity contribution is 0.0723. The van der Waals surface area contributed by atoms with Crippen molar-refractivity contribution < 1.29 is 4.79 Å². The van der Waals surface area contributed by atoms with Crippen LogP contribution in [0.5, 0.6) is 0 Å². The van der Waals surface area contributed by atoms with Crippen molar-refractivity contribution in [1.29, 1.82) is 0 Å². The maximum absolute atomic E-state index is 12.7. The van der Waals surface area contributed by atoms with E-state index in [2.05, 4.69) is 36.3 Å². The molecule has 0 spiro atoms. The maximum atomic E-state index is 12.7. The van der Waals surface area contributed by atoms with Crippen LogP contribution in [0.2, 0.25) is 5.15 Å². The van der Waals surface area contributed by atoms with Crippen molar-refractivity contribution in [3.8, 4) is 0 Å². The zero-order valence-corrected chi connectivity index (χ0v) is 14.4. The molecule has 1 fully saturated rings. The third-order valence-corrected chi connectivity index (χ3v) is 4.76. The Hall–Kier alpha value is -1.81. The largest absolute Gasteiger partial charge is 0.338 e. The van der Waals surface area contributed by atoms with E-state index in [9.17, 15) is 4.79 Å². The summed E-state index contributed by atoms with van der Waals surface area (Å²) in [5.74, 6) is 0.0161. The number of hydrogen-bond donors (Lipinski definition) is 0. The summed E-state index contributed by atoms with van der Waals surface area (Å²) in [7, 11) is 0. The van der Waals surface area contributed by atoms with Crippen LogP contribution in [0.1, 0.15) is 46.4 Å². The number of aromatic nitrogens is 2. The molecule has 2 aromatic rings. The highest BCUT2D eigenvalue weighted by Gasteiger charge is 2.25. The van der Waals surface area contributed by atoms with E-state index in [0.29, 0.717) is 23.0 Å². The van der Waals surface area contributed by atoms with Gasteiger partial charge in [-0.15, -0.1) is 0 Å². The van der Waals surface area contributed by atoms with Gasteiger partial charge in [0.25, 0.3) is 5.91 Å². The van der Waals surface area contributed by atoms with Crippen molar-refractivity contribution in [2.24, 2.45) is 0 Å². The molecule has 4 nitrogen and oxygen atoms in total. The van der Waals surface area contributed by atoms with Crippen LogP contribution < -0.4 is 0 Å². The number of carbonyl (C=O) groups excluding carboxylic acids is 1. The molecule has 0 unspecified atom stereocenters. The van der Waals surface area contributed by atoms with Crippen LogP contribution in [-0.4, -0.2) is 33.7 Å². The van der Waals surface area contributed by atoms with Crippen LogP contribution in [0.4, 0.5) is 0 Å². The SMILES string of the molecule is Cc1ccc(Cn2nc(C)c(C(=O)N3CCCCC3)c2Cl)cc1. The molecule has 1 saturated heterocycles. The molecule has 0 N–H and O–H groups in total. The molecule has 0 atom stereocenters. The molecule has 0 bridgehead atoms. The molecular weight excluding hydrogens is 310 g/mol. The molecule has 1 aromatic carbocycles. The highest BCUT2D eigenvalue weighted by atomic mass is 35.5. The molecule has 1 aliphatic rings. The summed E-state index contributed by atoms with van der Waals surface area (Å²) in [5.41, 5.74) is 3.60. The van der Waals surface area contributed by atoms with Gasteiger partial charge in [-0.05, 0) is 38.7 Å². The van der Waals surface area contributed by atoms with Crippen molar-refractivity contribution in [2.45, 2.75) is 39.7 Å². The molecule has 1 aromatic heterocycles. The Morgan fingerprint density at radius 3 is 2.43 bits per heavy atom. The van der Waals surface area contributed by atoms with Crippen LogP contribution in [0, 0.1) is 13.8 Å². The highest BCUT2D eigenvalue weighted by molar-refractivity contribution is 6.33. The number of benzene rings is 1. The number of aryl methyl sites for hydroxylation is 2. The van der Waals surface area contributed by atoms with Gasteiger partial charge < -0.3 is 4.90 Å². The van der Waals surface area contributed by atoms with E-state index in [-0.39, 0.29) is 5.91 Å². The lowest BCUT2D eigenvalue weighted by Gasteiger charge is -2.26. The zero-order valence-electron chi connectivity index (χ0n) is 13.7. The van der Waals surface area contributed by atoms with E-state index < -0.39 is 0 Å². The van der Waals surface area contributed by atoms with Gasteiger partial charge in [0.15, 0.2) is 0 Å². The summed E-state index contributed by atoms with van der Waals surface area (Å²) < 4.78 is 1.72. The quantitative estimate of drug-likeness (QED) is 0.857. The molecule has 23 heavy (non-hydrogen) atoms. The number of amides is 1. The Labute approximate surface area is 142 Å². The van der Waals surface area contributed by atoms with Crippen molar-refractivity contribution in [2.75, 3.05) is 13.1 Å². The summed E-state index contributed by atoms with van der Waals surface area (Å²) in [6.07, 6.45) is 3.34. The number of nitrogens with zero attached hydrogens (tertiary/aromatic N) is 3. The Morgan fingerprint density at radius 1 is 1.13 bits per heavy atom. The normalized spacial score (nSPS) is 15.0. The van der Waals surface area contributed by atoms with Gasteiger partial charge in [0, 0.05) is 13.1 Å². The molecule has 3 rings (SSSR count). The standard InChI is InChI=1S/C18H22ClN3O/c1-13-6-8-15(9-7-13)12-22-17(19)16(14(2)20-22)18(23)21-10-4-3-5-11-21/h6-9H,3-5,10-12H2,1-2H3. The smallest absolute Gasteiger partial charge is 0.258 e. The minimum Gasteiger partial charge on any atom is -0.338 e. The van der Waals surface area contributed by atoms with Gasteiger partial charge in [-0.1, -0.05) is 41.4 Å². The van der Waals surface area contributed by atoms with Gasteiger partial charge in [0.1, 0.15) is 5.15 Å². The third-order valence-electron chi connectivity index (χ3n) is 4.38. The van der Waals surface area contributed by atoms with Crippen molar-refractivity contribution >= 4 is 17.5 Å². The summed E-state index contributed by atoms with van der Waals surface area (Å²) in [5, 5.41) is 4.92. The maximum Gasteiger partial charge on any atom is 0.258 e. The van der Waals surface area contributed by atoms with Crippen molar-refractivity contribution in [3.63, 3.8) is 0 Å². The average Bonchev–Trinajstić information content (AvgIpc) is 2.84. The lowest BCUT2D eigenvalue weighted by Crippen LogP contribution is -2.35. The second-order valence-electron chi connectivity index (χ2n) is 6.25. The first-order valence-corrected chi connectivity index (χ1v) is 8.52. The molecule has 2 heterocycles. The summed E-state index contributed by atoms with van der Waals surface area (Å²) in [6, 6.07) is 8.27. The highest BCUT2D eigenvalue weighted by Crippen LogP contribution is 2.24. The van der Waals surface area contributed by atoms with E-state index in [0.717, 1.165) is 31.5 Å². The van der Waals surface area contributed by atoms with Gasteiger partial charge in [-0.25, -0.2) is 4.68 Å². The van der Waals surface area contributed by atoms with Crippen LogP contribution in [0.3, 0.4) is 0 Å². The number of likely N-dealkylation sites (tertiary alicyclic amines) is 1. The van der Waals surface area contributed by atoms with Crippen LogP contribution >= 0.6 is 11.6 Å². The van der Waals surface area contributed by atoms with E-state index >= 15 is 0 Å². The summed E-state index contributed by atoms with van der Waals surface area (Å²) in [6.45, 7) is 6.13. The predicted octanol–water partition coefficient (Wildman–Crippen LogP) is 3.83. The zero-order chi connectivity index (χ0) is 16.4. The van der Waals surface area contributed by atoms with Gasteiger partial charge in [-0.3, -0.25) is 4.79 Å². The number of carbonyl (C=O) groups is 1. The van der Waals surface area contributed by atoms with Gasteiger partial charge in [-0.2, -0.15) is 5.10 Å². The topological polar surface area (TPSA) is 38.1 Å². The minimum atomic E-state index is 0.0161. The average molecular weight is 332 g/mol. The third kappa shape index (κ3) is 3.42. The summed E-state index contributed by atoms with van der Waals surface area (Å²) >= 11 is 6.48. The Balaban J connectivity index is 1.83. The van der Waals surface area contributed by atoms with Gasteiger partial charge in [0.05, 0.1) is 17.8 Å². The molecule has 1 amide bonds. The van der Waals surface area contributed by atoms with Crippen molar-refractivity contribution in [3.05, 3.63) is 51.8 Å². The first-order valence-electron chi connectivity index (χ1n) is 8.14. The van der Waals surface area contributed by atoms with Gasteiger partial charge in [0.2, 0.25) is 0 Å². The molecule has 1 aliphatic heterocycles. The van der Waals surface area contributed by atoms with Crippen molar-refractivity contribution in [1.82, 2.24) is 14.7 Å². The number of halogens is 1.